The minimum absolute atomic E-state index is 0.204. The Hall–Kier alpha value is -1.82. The predicted octanol–water partition coefficient (Wildman–Crippen LogP) is 3.38. The summed E-state index contributed by atoms with van der Waals surface area (Å²) in [5, 5.41) is 15.2. The molecule has 0 saturated carbocycles. The molecule has 1 atom stereocenters. The van der Waals surface area contributed by atoms with Crippen molar-refractivity contribution in [1.29, 1.82) is 0 Å². The Morgan fingerprint density at radius 3 is 3.05 bits per heavy atom. The molecule has 2 aromatic rings. The molecular weight excluding hydrogens is 286 g/mol. The van der Waals surface area contributed by atoms with Crippen molar-refractivity contribution >= 4 is 28.7 Å². The number of nitrogens with zero attached hydrogens (tertiary/aromatic N) is 1. The van der Waals surface area contributed by atoms with Gasteiger partial charge >= 0.3 is 0 Å². The van der Waals surface area contributed by atoms with Gasteiger partial charge in [-0.05, 0) is 35.2 Å². The van der Waals surface area contributed by atoms with Crippen molar-refractivity contribution in [2.45, 2.75) is 6.10 Å². The quantitative estimate of drug-likeness (QED) is 0.812. The van der Waals surface area contributed by atoms with Crippen LogP contribution in [-0.2, 0) is 4.74 Å². The highest BCUT2D eigenvalue weighted by molar-refractivity contribution is 7.10. The topological polar surface area (TPSA) is 48.1 Å². The second kappa shape index (κ2) is 5.18. The predicted molar refractivity (Wildman–Crippen MR) is 84.6 cm³/mol. The van der Waals surface area contributed by atoms with Gasteiger partial charge in [0, 0.05) is 22.7 Å². The highest BCUT2D eigenvalue weighted by Crippen LogP contribution is 2.42. The number of anilines is 1. The normalized spacial score (nSPS) is 21.7. The summed E-state index contributed by atoms with van der Waals surface area (Å²) >= 11 is 1.66. The van der Waals surface area contributed by atoms with E-state index in [-0.39, 0.29) is 6.10 Å². The number of rotatable bonds is 4. The molecular formula is C16H14NO3S-. The van der Waals surface area contributed by atoms with Crippen LogP contribution in [0.2, 0.25) is 0 Å². The van der Waals surface area contributed by atoms with Crippen LogP contribution in [0.25, 0.3) is 11.6 Å². The van der Waals surface area contributed by atoms with Gasteiger partial charge in [0.05, 0.1) is 6.61 Å². The Morgan fingerprint density at radius 1 is 1.38 bits per heavy atom. The first-order valence-corrected chi connectivity index (χ1v) is 7.76. The van der Waals surface area contributed by atoms with Crippen LogP contribution in [0.5, 0.6) is 5.75 Å². The molecule has 4 rings (SSSR count). The molecule has 2 aliphatic rings. The molecule has 21 heavy (non-hydrogen) atoms. The highest BCUT2D eigenvalue weighted by atomic mass is 32.1. The monoisotopic (exact) mass is 300 g/mol. The average molecular weight is 300 g/mol. The molecule has 0 spiro atoms. The molecule has 1 fully saturated rings. The van der Waals surface area contributed by atoms with E-state index in [0.29, 0.717) is 18.8 Å². The summed E-state index contributed by atoms with van der Waals surface area (Å²) in [6, 6.07) is 9.68. The maximum absolute atomic E-state index is 12.1. The van der Waals surface area contributed by atoms with Crippen LogP contribution in [0.3, 0.4) is 0 Å². The summed E-state index contributed by atoms with van der Waals surface area (Å²) in [7, 11) is 0. The fourth-order valence-corrected chi connectivity index (χ4v) is 3.18. The number of hydroxylamine groups is 1. The van der Waals surface area contributed by atoms with Crippen LogP contribution in [0.15, 0.2) is 35.7 Å². The Labute approximate surface area is 126 Å². The molecule has 0 N–H and O–H groups in total. The summed E-state index contributed by atoms with van der Waals surface area (Å²) in [6.45, 7) is 1.68. The summed E-state index contributed by atoms with van der Waals surface area (Å²) < 4.78 is 11.0. The first kappa shape index (κ1) is 12.9. The SMILES string of the molecule is [O-]N1CC(=Cc2cccs2)c2c(OCC3CO3)cccc21. The van der Waals surface area contributed by atoms with E-state index in [2.05, 4.69) is 6.08 Å². The number of hydrogen-bond acceptors (Lipinski definition) is 5. The third-order valence-electron chi connectivity index (χ3n) is 3.59. The van der Waals surface area contributed by atoms with E-state index >= 15 is 0 Å². The van der Waals surface area contributed by atoms with E-state index in [4.69, 9.17) is 9.47 Å². The lowest BCUT2D eigenvalue weighted by molar-refractivity contribution is 0.262. The summed E-state index contributed by atoms with van der Waals surface area (Å²) in [5.41, 5.74) is 2.61. The lowest BCUT2D eigenvalue weighted by Gasteiger charge is -2.24. The van der Waals surface area contributed by atoms with E-state index in [9.17, 15) is 5.21 Å². The van der Waals surface area contributed by atoms with Gasteiger partial charge < -0.3 is 19.7 Å². The minimum Gasteiger partial charge on any atom is -0.758 e. The summed E-state index contributed by atoms with van der Waals surface area (Å²) in [5.74, 6) is 0.768. The van der Waals surface area contributed by atoms with Crippen molar-refractivity contribution in [3.8, 4) is 5.75 Å². The fraction of sp³-hybridized carbons (Fsp3) is 0.250. The molecule has 0 aliphatic carbocycles. The van der Waals surface area contributed by atoms with E-state index in [1.807, 2.05) is 35.7 Å². The molecule has 1 unspecified atom stereocenters. The number of thiophene rings is 1. The molecule has 4 nitrogen and oxygen atoms in total. The Bertz CT molecular complexity index is 677. The van der Waals surface area contributed by atoms with Crippen LogP contribution in [0, 0.1) is 5.21 Å². The maximum atomic E-state index is 12.1. The minimum atomic E-state index is 0.204. The van der Waals surface area contributed by atoms with Gasteiger partial charge in [0.1, 0.15) is 18.5 Å². The second-order valence-electron chi connectivity index (χ2n) is 5.14. The standard InChI is InChI=1S/C16H14NO3S/c18-17-8-11(7-13-3-2-6-21-13)16-14(17)4-1-5-15(16)20-10-12-9-19-12/h1-7,12H,8-10H2/q-1. The van der Waals surface area contributed by atoms with Crippen LogP contribution in [0.4, 0.5) is 5.69 Å². The zero-order chi connectivity index (χ0) is 14.2. The highest BCUT2D eigenvalue weighted by Gasteiger charge is 2.26. The van der Waals surface area contributed by atoms with Crippen molar-refractivity contribution in [2.75, 3.05) is 24.8 Å². The van der Waals surface area contributed by atoms with E-state index in [0.717, 1.165) is 33.4 Å². The molecule has 108 valence electrons. The van der Waals surface area contributed by atoms with Gasteiger partial charge in [0.15, 0.2) is 0 Å². The number of hydrogen-bond donors (Lipinski definition) is 0. The summed E-state index contributed by atoms with van der Waals surface area (Å²) in [6.07, 6.45) is 2.28. The third-order valence-corrected chi connectivity index (χ3v) is 4.41. The van der Waals surface area contributed by atoms with Crippen LogP contribution in [-0.4, -0.2) is 25.9 Å². The molecule has 1 saturated heterocycles. The number of epoxide rings is 1. The Kier molecular flexibility index (Phi) is 3.18. The first-order chi connectivity index (χ1) is 10.3. The Morgan fingerprint density at radius 2 is 2.29 bits per heavy atom. The van der Waals surface area contributed by atoms with Gasteiger partial charge in [-0.25, -0.2) is 0 Å². The van der Waals surface area contributed by atoms with E-state index < -0.39 is 0 Å². The molecule has 3 heterocycles. The van der Waals surface area contributed by atoms with Gasteiger partial charge in [0.2, 0.25) is 0 Å². The number of ether oxygens (including phenoxy) is 2. The zero-order valence-corrected chi connectivity index (χ0v) is 12.1. The maximum Gasteiger partial charge on any atom is 0.129 e. The number of benzene rings is 1. The average Bonchev–Trinajstić information content (AvgIpc) is 3.08. The van der Waals surface area contributed by atoms with Gasteiger partial charge in [-0.2, -0.15) is 0 Å². The van der Waals surface area contributed by atoms with Crippen LogP contribution in [0.1, 0.15) is 10.4 Å². The van der Waals surface area contributed by atoms with Crippen molar-refractivity contribution in [1.82, 2.24) is 0 Å². The Balaban J connectivity index is 1.71. The smallest absolute Gasteiger partial charge is 0.129 e. The van der Waals surface area contributed by atoms with Gasteiger partial charge in [0.25, 0.3) is 0 Å². The first-order valence-electron chi connectivity index (χ1n) is 6.88. The van der Waals surface area contributed by atoms with Gasteiger partial charge in [-0.1, -0.05) is 12.1 Å². The molecule has 0 amide bonds. The van der Waals surface area contributed by atoms with Crippen molar-refractivity contribution in [3.05, 3.63) is 51.4 Å². The molecule has 1 aromatic heterocycles. The molecule has 0 bridgehead atoms. The third kappa shape index (κ3) is 2.55. The van der Waals surface area contributed by atoms with Gasteiger partial charge in [-0.15, -0.1) is 11.3 Å². The van der Waals surface area contributed by atoms with Crippen LogP contribution < -0.4 is 9.80 Å². The molecule has 2 aliphatic heterocycles. The van der Waals surface area contributed by atoms with Crippen molar-refractivity contribution < 1.29 is 9.47 Å². The summed E-state index contributed by atoms with van der Waals surface area (Å²) in [4.78, 5) is 1.14. The zero-order valence-electron chi connectivity index (χ0n) is 11.3. The second-order valence-corrected chi connectivity index (χ2v) is 6.12. The lowest BCUT2D eigenvalue weighted by Crippen LogP contribution is -2.09. The molecule has 0 radical (unpaired) electrons. The molecule has 5 heteroatoms. The van der Waals surface area contributed by atoms with Gasteiger partial charge in [-0.3, -0.25) is 0 Å². The fourth-order valence-electron chi connectivity index (χ4n) is 2.50. The van der Waals surface area contributed by atoms with Crippen molar-refractivity contribution in [3.63, 3.8) is 0 Å². The lowest BCUT2D eigenvalue weighted by atomic mass is 10.1. The molecule has 1 aromatic carbocycles. The number of fused-ring (bicyclic) bond motifs is 1. The van der Waals surface area contributed by atoms with Crippen LogP contribution >= 0.6 is 11.3 Å². The van der Waals surface area contributed by atoms with E-state index in [1.54, 1.807) is 11.3 Å². The largest absolute Gasteiger partial charge is 0.758 e. The van der Waals surface area contributed by atoms with Crippen molar-refractivity contribution in [2.24, 2.45) is 0 Å². The van der Waals surface area contributed by atoms with E-state index in [1.165, 1.54) is 0 Å².